The molecule has 5 aromatic rings. The van der Waals surface area contributed by atoms with Gasteiger partial charge in [0.25, 0.3) is 0 Å². The van der Waals surface area contributed by atoms with E-state index in [1.807, 2.05) is 0 Å². The molecule has 0 aliphatic heterocycles. The van der Waals surface area contributed by atoms with Gasteiger partial charge in [0.15, 0.2) is 0 Å². The van der Waals surface area contributed by atoms with Gasteiger partial charge in [-0.3, -0.25) is 0 Å². The Hall–Kier alpha value is -4.04. The monoisotopic (exact) mass is 512 g/mol. The van der Waals surface area contributed by atoms with Crippen molar-refractivity contribution in [2.45, 2.75) is 52.0 Å². The van der Waals surface area contributed by atoms with Crippen LogP contribution in [0.25, 0.3) is 10.8 Å². The van der Waals surface area contributed by atoms with Gasteiger partial charge in [-0.2, -0.15) is 0 Å². The quantitative estimate of drug-likeness (QED) is 0.145. The molecule has 0 saturated carbocycles. The van der Waals surface area contributed by atoms with Crippen LogP contribution in [0.2, 0.25) is 0 Å². The van der Waals surface area contributed by atoms with Crippen molar-refractivity contribution in [2.75, 3.05) is 16.3 Å². The van der Waals surface area contributed by atoms with E-state index in [0.717, 1.165) is 13.1 Å². The van der Waals surface area contributed by atoms with Crippen LogP contribution in [0, 0.1) is 0 Å². The van der Waals surface area contributed by atoms with Gasteiger partial charge in [-0.1, -0.05) is 136 Å². The first-order chi connectivity index (χ1) is 19.3. The maximum Gasteiger partial charge on any atom is 0.0734 e. The lowest BCUT2D eigenvalue weighted by Gasteiger charge is -2.34. The largest absolute Gasteiger partial charge is 0.340 e. The van der Waals surface area contributed by atoms with Crippen molar-refractivity contribution in [3.05, 3.63) is 133 Å². The lowest BCUT2D eigenvalue weighted by atomic mass is 10.0. The van der Waals surface area contributed by atoms with Crippen LogP contribution in [0.4, 0.5) is 22.7 Å². The van der Waals surface area contributed by atoms with E-state index in [2.05, 4.69) is 144 Å². The molecule has 5 rings (SSSR count). The van der Waals surface area contributed by atoms with E-state index in [1.165, 1.54) is 77.6 Å². The molecule has 0 aliphatic rings. The van der Waals surface area contributed by atoms with Gasteiger partial charge in [0.1, 0.15) is 0 Å². The van der Waals surface area contributed by atoms with Crippen LogP contribution in [-0.4, -0.2) is 6.54 Å². The average Bonchev–Trinajstić information content (AvgIpc) is 3.01. The molecule has 0 aromatic heterocycles. The molecular formula is C37H40N2. The summed E-state index contributed by atoms with van der Waals surface area (Å²) in [6.07, 6.45) is 7.71. The maximum atomic E-state index is 2.54. The summed E-state index contributed by atoms with van der Waals surface area (Å²) in [6.45, 7) is 4.08. The van der Waals surface area contributed by atoms with E-state index in [4.69, 9.17) is 0 Å². The van der Waals surface area contributed by atoms with Gasteiger partial charge in [-0.15, -0.1) is 0 Å². The van der Waals surface area contributed by atoms with E-state index in [0.29, 0.717) is 0 Å². The van der Waals surface area contributed by atoms with Crippen molar-refractivity contribution in [1.82, 2.24) is 0 Å². The lowest BCUT2D eigenvalue weighted by Crippen LogP contribution is -2.24. The zero-order valence-corrected chi connectivity index (χ0v) is 23.2. The van der Waals surface area contributed by atoms with E-state index in [1.54, 1.807) is 0 Å². The highest BCUT2D eigenvalue weighted by Gasteiger charge is 2.22. The number of rotatable bonds is 13. The second-order valence-electron chi connectivity index (χ2n) is 10.3. The molecule has 0 N–H and O–H groups in total. The Balaban J connectivity index is 1.63. The van der Waals surface area contributed by atoms with E-state index in [9.17, 15) is 0 Å². The number of benzene rings is 5. The molecule has 0 unspecified atom stereocenters. The highest BCUT2D eigenvalue weighted by atomic mass is 15.2. The van der Waals surface area contributed by atoms with Crippen molar-refractivity contribution < 1.29 is 0 Å². The Labute approximate surface area is 234 Å². The number of para-hydroxylation sites is 2. The number of fused-ring (bicyclic) bond motifs is 1. The van der Waals surface area contributed by atoms with Crippen LogP contribution in [0.5, 0.6) is 0 Å². The zero-order chi connectivity index (χ0) is 26.7. The zero-order valence-electron chi connectivity index (χ0n) is 23.2. The summed E-state index contributed by atoms with van der Waals surface area (Å²) < 4.78 is 0. The third kappa shape index (κ3) is 6.70. The van der Waals surface area contributed by atoms with Crippen LogP contribution < -0.4 is 9.80 Å². The predicted octanol–water partition coefficient (Wildman–Crippen LogP) is 10.7. The molecule has 2 heteroatoms. The molecule has 39 heavy (non-hydrogen) atoms. The topological polar surface area (TPSA) is 6.48 Å². The lowest BCUT2D eigenvalue weighted by molar-refractivity contribution is 0.609. The number of anilines is 4. The van der Waals surface area contributed by atoms with Gasteiger partial charge in [0.2, 0.25) is 0 Å². The Morgan fingerprint density at radius 3 is 1.74 bits per heavy atom. The smallest absolute Gasteiger partial charge is 0.0734 e. The van der Waals surface area contributed by atoms with E-state index < -0.39 is 0 Å². The number of unbranched alkanes of at least 4 members (excludes halogenated alkanes) is 5. The minimum Gasteiger partial charge on any atom is -0.340 e. The van der Waals surface area contributed by atoms with Crippen LogP contribution >= 0.6 is 0 Å². The van der Waals surface area contributed by atoms with Crippen LogP contribution in [-0.2, 0) is 6.54 Å². The van der Waals surface area contributed by atoms with Crippen molar-refractivity contribution in [3.8, 4) is 0 Å². The Morgan fingerprint density at radius 2 is 1.05 bits per heavy atom. The highest BCUT2D eigenvalue weighted by molar-refractivity contribution is 6.03. The molecule has 0 atom stereocenters. The minimum absolute atomic E-state index is 0.797. The standard InChI is InChI=1S/C37H40N2/c1-2-3-4-5-6-18-29-38(33-22-12-8-13-23-33)36-28-27-32-21-16-17-26-35(32)37(36)39(34-24-14-9-15-25-34)30-31-19-10-7-11-20-31/h7-17,19-28H,2-6,18,29-30H2,1H3. The average molecular weight is 513 g/mol. The first-order valence-electron chi connectivity index (χ1n) is 14.6. The second-order valence-corrected chi connectivity index (χ2v) is 10.3. The summed E-state index contributed by atoms with van der Waals surface area (Å²) in [6, 6.07) is 46.0. The first-order valence-corrected chi connectivity index (χ1v) is 14.6. The van der Waals surface area contributed by atoms with Gasteiger partial charge >= 0.3 is 0 Å². The third-order valence-electron chi connectivity index (χ3n) is 7.49. The van der Waals surface area contributed by atoms with Crippen molar-refractivity contribution in [1.29, 1.82) is 0 Å². The Bertz CT molecular complexity index is 1410. The molecule has 0 bridgehead atoms. The van der Waals surface area contributed by atoms with Crippen molar-refractivity contribution >= 4 is 33.5 Å². The molecule has 0 fully saturated rings. The number of nitrogens with zero attached hydrogens (tertiary/aromatic N) is 2. The van der Waals surface area contributed by atoms with E-state index in [-0.39, 0.29) is 0 Å². The summed E-state index contributed by atoms with van der Waals surface area (Å²) in [5, 5.41) is 2.54. The molecule has 0 radical (unpaired) electrons. The highest BCUT2D eigenvalue weighted by Crippen LogP contribution is 2.44. The number of hydrogen-bond acceptors (Lipinski definition) is 2. The Morgan fingerprint density at radius 1 is 0.487 bits per heavy atom. The summed E-state index contributed by atoms with van der Waals surface area (Å²) in [5.74, 6) is 0. The molecule has 0 aliphatic carbocycles. The first kappa shape index (κ1) is 26.6. The fourth-order valence-electron chi connectivity index (χ4n) is 5.47. The third-order valence-corrected chi connectivity index (χ3v) is 7.49. The molecule has 0 spiro atoms. The molecule has 198 valence electrons. The SMILES string of the molecule is CCCCCCCCN(c1ccccc1)c1ccc2ccccc2c1N(Cc1ccccc1)c1ccccc1. The van der Waals surface area contributed by atoms with Crippen LogP contribution in [0.15, 0.2) is 127 Å². The normalized spacial score (nSPS) is 11.0. The molecule has 0 amide bonds. The van der Waals surface area contributed by atoms with Gasteiger partial charge in [-0.05, 0) is 47.7 Å². The minimum atomic E-state index is 0.797. The maximum absolute atomic E-state index is 2.54. The van der Waals surface area contributed by atoms with Gasteiger partial charge in [0.05, 0.1) is 11.4 Å². The summed E-state index contributed by atoms with van der Waals surface area (Å²) in [7, 11) is 0. The molecule has 5 aromatic carbocycles. The summed E-state index contributed by atoms with van der Waals surface area (Å²) in [5.41, 5.74) is 6.26. The molecule has 0 heterocycles. The van der Waals surface area contributed by atoms with Gasteiger partial charge in [-0.25, -0.2) is 0 Å². The summed E-state index contributed by atoms with van der Waals surface area (Å²) >= 11 is 0. The Kier molecular flexibility index (Phi) is 9.31. The fraction of sp³-hybridized carbons (Fsp3) is 0.243. The molecule has 2 nitrogen and oxygen atoms in total. The van der Waals surface area contributed by atoms with Crippen LogP contribution in [0.3, 0.4) is 0 Å². The van der Waals surface area contributed by atoms with Gasteiger partial charge in [0, 0.05) is 29.9 Å². The van der Waals surface area contributed by atoms with E-state index >= 15 is 0 Å². The predicted molar refractivity (Wildman–Crippen MR) is 169 cm³/mol. The second kappa shape index (κ2) is 13.7. The van der Waals surface area contributed by atoms with Crippen molar-refractivity contribution in [2.24, 2.45) is 0 Å². The number of hydrogen-bond donors (Lipinski definition) is 0. The van der Waals surface area contributed by atoms with Crippen molar-refractivity contribution in [3.63, 3.8) is 0 Å². The van der Waals surface area contributed by atoms with Crippen LogP contribution in [0.1, 0.15) is 51.0 Å². The molecule has 0 saturated heterocycles. The van der Waals surface area contributed by atoms with Gasteiger partial charge < -0.3 is 9.80 Å². The molecular weight excluding hydrogens is 472 g/mol. The fourth-order valence-corrected chi connectivity index (χ4v) is 5.47. The summed E-state index contributed by atoms with van der Waals surface area (Å²) in [4.78, 5) is 5.05.